The number of carbonyl (C=O) groups is 6. The van der Waals surface area contributed by atoms with Gasteiger partial charge in [-0.1, -0.05) is 13.8 Å². The van der Waals surface area contributed by atoms with E-state index in [0.717, 1.165) is 0 Å². The van der Waals surface area contributed by atoms with Crippen LogP contribution in [0.25, 0.3) is 0 Å². The van der Waals surface area contributed by atoms with Gasteiger partial charge < -0.3 is 42.1 Å². The van der Waals surface area contributed by atoms with E-state index in [2.05, 4.69) is 16.0 Å². The lowest BCUT2D eigenvalue weighted by Crippen LogP contribution is -2.59. The largest absolute Gasteiger partial charge is 0.481 e. The minimum atomic E-state index is -1.64. The molecule has 5 unspecified atom stereocenters. The maximum Gasteiger partial charge on any atom is 0.326 e. The zero-order valence-electron chi connectivity index (χ0n) is 17.9. The molecule has 14 heteroatoms. The van der Waals surface area contributed by atoms with E-state index in [4.69, 9.17) is 15.9 Å². The van der Waals surface area contributed by atoms with Gasteiger partial charge in [-0.15, -0.1) is 0 Å². The molecule has 0 aromatic carbocycles. The molecule has 3 amide bonds. The second kappa shape index (κ2) is 13.2. The van der Waals surface area contributed by atoms with E-state index < -0.39 is 91.1 Å². The fraction of sp³-hybridized carbons (Fsp3) is 0.667. The predicted molar refractivity (Wildman–Crippen MR) is 107 cm³/mol. The Morgan fingerprint density at radius 3 is 1.72 bits per heavy atom. The number of carbonyl (C=O) groups excluding carboxylic acids is 3. The van der Waals surface area contributed by atoms with Crippen LogP contribution in [0.1, 0.15) is 40.0 Å². The van der Waals surface area contributed by atoms with Crippen LogP contribution in [0.4, 0.5) is 0 Å². The highest BCUT2D eigenvalue weighted by Crippen LogP contribution is 2.07. The maximum absolute atomic E-state index is 12.6. The standard InChI is InChI=1S/C18H30N4O10/c1-7(2)14(17(30)20-9(18(31)32)4-5-11(24)25)22-15(28)10(6-12(26)27)21-16(29)13(19)8(3)23/h7-10,13-14,23H,4-6,19H2,1-3H3,(H,20,30)(H,21,29)(H,22,28)(H,24,25)(H,26,27)(H,31,32). The number of hydrogen-bond donors (Lipinski definition) is 8. The van der Waals surface area contributed by atoms with Gasteiger partial charge in [0, 0.05) is 6.42 Å². The summed E-state index contributed by atoms with van der Waals surface area (Å²) in [7, 11) is 0. The molecular weight excluding hydrogens is 432 g/mol. The number of aliphatic hydroxyl groups excluding tert-OH is 1. The van der Waals surface area contributed by atoms with Crippen molar-refractivity contribution >= 4 is 35.6 Å². The summed E-state index contributed by atoms with van der Waals surface area (Å²) in [6.07, 6.45) is -3.06. The highest BCUT2D eigenvalue weighted by molar-refractivity contribution is 5.95. The highest BCUT2D eigenvalue weighted by Gasteiger charge is 2.33. The molecule has 0 radical (unpaired) electrons. The Morgan fingerprint density at radius 1 is 0.781 bits per heavy atom. The molecule has 0 aliphatic rings. The Bertz CT molecular complexity index is 725. The summed E-state index contributed by atoms with van der Waals surface area (Å²) < 4.78 is 0. The van der Waals surface area contributed by atoms with Crippen LogP contribution in [0.2, 0.25) is 0 Å². The molecular formula is C18H30N4O10. The van der Waals surface area contributed by atoms with Gasteiger partial charge >= 0.3 is 17.9 Å². The minimum Gasteiger partial charge on any atom is -0.481 e. The van der Waals surface area contributed by atoms with Gasteiger partial charge in [0.2, 0.25) is 17.7 Å². The van der Waals surface area contributed by atoms with Gasteiger partial charge in [0.15, 0.2) is 0 Å². The molecule has 0 heterocycles. The summed E-state index contributed by atoms with van der Waals surface area (Å²) >= 11 is 0. The number of carboxylic acid groups (broad SMARTS) is 3. The lowest BCUT2D eigenvalue weighted by atomic mass is 10.0. The predicted octanol–water partition coefficient (Wildman–Crippen LogP) is -2.77. The number of rotatable bonds is 14. The Balaban J connectivity index is 5.45. The van der Waals surface area contributed by atoms with Gasteiger partial charge in [0.05, 0.1) is 12.5 Å². The molecule has 14 nitrogen and oxygen atoms in total. The third-order valence-electron chi connectivity index (χ3n) is 4.34. The summed E-state index contributed by atoms with van der Waals surface area (Å²) in [6, 6.07) is -5.93. The fourth-order valence-corrected chi connectivity index (χ4v) is 2.45. The number of hydrogen-bond acceptors (Lipinski definition) is 8. The first-order chi connectivity index (χ1) is 14.7. The number of aliphatic carboxylic acids is 3. The first-order valence-electron chi connectivity index (χ1n) is 9.68. The van der Waals surface area contributed by atoms with E-state index in [1.54, 1.807) is 0 Å². The van der Waals surface area contributed by atoms with Crippen LogP contribution in [0.3, 0.4) is 0 Å². The average Bonchev–Trinajstić information content (AvgIpc) is 2.66. The van der Waals surface area contributed by atoms with E-state index in [-0.39, 0.29) is 0 Å². The van der Waals surface area contributed by atoms with Gasteiger partial charge in [-0.05, 0) is 19.3 Å². The molecule has 182 valence electrons. The summed E-state index contributed by atoms with van der Waals surface area (Å²) in [5.41, 5.74) is 5.47. The van der Waals surface area contributed by atoms with Crippen molar-refractivity contribution in [2.24, 2.45) is 11.7 Å². The minimum absolute atomic E-state index is 0.399. The normalized spacial score (nSPS) is 15.6. The van der Waals surface area contributed by atoms with Crippen LogP contribution in [0.5, 0.6) is 0 Å². The van der Waals surface area contributed by atoms with Crippen LogP contribution in [0, 0.1) is 5.92 Å². The summed E-state index contributed by atoms with van der Waals surface area (Å²) in [4.78, 5) is 70.2. The van der Waals surface area contributed by atoms with Gasteiger partial charge in [-0.3, -0.25) is 24.0 Å². The SMILES string of the molecule is CC(C)C(NC(=O)C(CC(=O)O)NC(=O)C(N)C(C)O)C(=O)NC(CCC(=O)O)C(=O)O. The van der Waals surface area contributed by atoms with Crippen molar-refractivity contribution in [3.63, 3.8) is 0 Å². The molecule has 0 aromatic rings. The van der Waals surface area contributed by atoms with E-state index in [1.165, 1.54) is 20.8 Å². The lowest BCUT2D eigenvalue weighted by Gasteiger charge is -2.26. The fourth-order valence-electron chi connectivity index (χ4n) is 2.45. The zero-order valence-corrected chi connectivity index (χ0v) is 17.9. The third kappa shape index (κ3) is 10.2. The first-order valence-corrected chi connectivity index (χ1v) is 9.68. The molecule has 5 atom stereocenters. The summed E-state index contributed by atoms with van der Waals surface area (Å²) in [6.45, 7) is 4.26. The lowest BCUT2D eigenvalue weighted by molar-refractivity contribution is -0.144. The van der Waals surface area contributed by atoms with Gasteiger partial charge in [-0.25, -0.2) is 4.79 Å². The second-order valence-electron chi connectivity index (χ2n) is 7.49. The number of amides is 3. The number of nitrogens with one attached hydrogen (secondary N) is 3. The highest BCUT2D eigenvalue weighted by atomic mass is 16.4. The van der Waals surface area contributed by atoms with Crippen molar-refractivity contribution in [2.75, 3.05) is 0 Å². The van der Waals surface area contributed by atoms with Crippen molar-refractivity contribution in [1.29, 1.82) is 0 Å². The average molecular weight is 462 g/mol. The second-order valence-corrected chi connectivity index (χ2v) is 7.49. The Hall–Kier alpha value is -3.26. The van der Waals surface area contributed by atoms with Crippen molar-refractivity contribution in [1.82, 2.24) is 16.0 Å². The van der Waals surface area contributed by atoms with Crippen molar-refractivity contribution in [3.8, 4) is 0 Å². The van der Waals surface area contributed by atoms with E-state index in [1.807, 2.05) is 0 Å². The van der Waals surface area contributed by atoms with Crippen LogP contribution in [-0.4, -0.2) is 86.3 Å². The van der Waals surface area contributed by atoms with Crippen molar-refractivity contribution < 1.29 is 49.2 Å². The topological polar surface area (TPSA) is 245 Å². The van der Waals surface area contributed by atoms with Crippen molar-refractivity contribution in [2.45, 2.75) is 70.3 Å². The molecule has 0 aliphatic carbocycles. The number of carboxylic acids is 3. The van der Waals surface area contributed by atoms with Gasteiger partial charge in [0.25, 0.3) is 0 Å². The van der Waals surface area contributed by atoms with Crippen molar-refractivity contribution in [3.05, 3.63) is 0 Å². The summed E-state index contributed by atoms with van der Waals surface area (Å²) in [5.74, 6) is -7.75. The molecule has 0 saturated carbocycles. The monoisotopic (exact) mass is 462 g/mol. The van der Waals surface area contributed by atoms with Crippen LogP contribution >= 0.6 is 0 Å². The quantitative estimate of drug-likeness (QED) is 0.131. The van der Waals surface area contributed by atoms with E-state index in [0.29, 0.717) is 0 Å². The Kier molecular flexibility index (Phi) is 11.9. The molecule has 0 spiro atoms. The van der Waals surface area contributed by atoms with E-state index >= 15 is 0 Å². The van der Waals surface area contributed by atoms with Crippen LogP contribution < -0.4 is 21.7 Å². The first kappa shape index (κ1) is 28.7. The Morgan fingerprint density at radius 2 is 1.31 bits per heavy atom. The van der Waals surface area contributed by atoms with E-state index in [9.17, 15) is 39.0 Å². The molecule has 0 aliphatic heterocycles. The Labute approximate surface area is 183 Å². The number of aliphatic hydroxyl groups is 1. The zero-order chi connectivity index (χ0) is 25.2. The molecule has 0 bridgehead atoms. The maximum atomic E-state index is 12.6. The third-order valence-corrected chi connectivity index (χ3v) is 4.34. The molecule has 0 fully saturated rings. The molecule has 0 aromatic heterocycles. The van der Waals surface area contributed by atoms with Crippen LogP contribution in [-0.2, 0) is 28.8 Å². The number of nitrogens with two attached hydrogens (primary N) is 1. The van der Waals surface area contributed by atoms with Crippen LogP contribution in [0.15, 0.2) is 0 Å². The van der Waals surface area contributed by atoms with Gasteiger partial charge in [0.1, 0.15) is 24.2 Å². The molecule has 32 heavy (non-hydrogen) atoms. The summed E-state index contributed by atoms with van der Waals surface area (Å²) in [5, 5.41) is 42.8. The molecule has 9 N–H and O–H groups in total. The smallest absolute Gasteiger partial charge is 0.326 e. The molecule has 0 saturated heterocycles. The molecule has 0 rings (SSSR count). The van der Waals surface area contributed by atoms with Gasteiger partial charge in [-0.2, -0.15) is 0 Å².